The number of rotatable bonds is 4. The van der Waals surface area contributed by atoms with Crippen molar-refractivity contribution in [2.45, 2.75) is 11.1 Å². The Hall–Kier alpha value is -0.900. The van der Waals surface area contributed by atoms with Gasteiger partial charge in [-0.3, -0.25) is 0 Å². The minimum absolute atomic E-state index is 0.00546. The van der Waals surface area contributed by atoms with Gasteiger partial charge in [0.05, 0.1) is 5.02 Å². The standard InChI is InChI=1S/C9H8ClF3N2O2S2/c10-6-3-5(8(14)18)1-2-7(6)19(16,17)15-4-9(11,12)13/h1-3,15H,4H2,(H2,14,18). The van der Waals surface area contributed by atoms with Gasteiger partial charge >= 0.3 is 6.18 Å². The van der Waals surface area contributed by atoms with Gasteiger partial charge in [0, 0.05) is 5.56 Å². The predicted molar refractivity (Wildman–Crippen MR) is 68.6 cm³/mol. The second-order valence-electron chi connectivity index (χ2n) is 3.45. The molecule has 0 heterocycles. The Kier molecular flexibility index (Phi) is 4.77. The summed E-state index contributed by atoms with van der Waals surface area (Å²) in [6.45, 7) is -1.68. The number of sulfonamides is 1. The Morgan fingerprint density at radius 1 is 1.42 bits per heavy atom. The molecule has 0 aliphatic heterocycles. The molecule has 0 aliphatic carbocycles. The van der Waals surface area contributed by atoms with E-state index in [1.165, 1.54) is 16.9 Å². The molecule has 0 saturated carbocycles. The summed E-state index contributed by atoms with van der Waals surface area (Å²) < 4.78 is 60.6. The van der Waals surface area contributed by atoms with Crippen LogP contribution in [0, 0.1) is 0 Å². The normalized spacial score (nSPS) is 12.4. The Morgan fingerprint density at radius 3 is 2.42 bits per heavy atom. The third-order valence-corrected chi connectivity index (χ3v) is 4.09. The van der Waals surface area contributed by atoms with Gasteiger partial charge in [-0.1, -0.05) is 29.9 Å². The average Bonchev–Trinajstić information content (AvgIpc) is 2.25. The zero-order valence-electron chi connectivity index (χ0n) is 9.16. The van der Waals surface area contributed by atoms with Gasteiger partial charge in [-0.2, -0.15) is 13.2 Å². The molecular weight excluding hydrogens is 325 g/mol. The van der Waals surface area contributed by atoms with E-state index < -0.39 is 27.6 Å². The summed E-state index contributed by atoms with van der Waals surface area (Å²) in [5.41, 5.74) is 5.63. The van der Waals surface area contributed by atoms with E-state index in [9.17, 15) is 21.6 Å². The molecule has 10 heteroatoms. The van der Waals surface area contributed by atoms with Crippen LogP contribution >= 0.6 is 23.8 Å². The minimum atomic E-state index is -4.65. The van der Waals surface area contributed by atoms with Gasteiger partial charge in [-0.05, 0) is 12.1 Å². The topological polar surface area (TPSA) is 72.2 Å². The van der Waals surface area contributed by atoms with Crippen LogP contribution in [-0.2, 0) is 10.0 Å². The molecule has 0 atom stereocenters. The van der Waals surface area contributed by atoms with Crippen molar-refractivity contribution >= 4 is 38.8 Å². The van der Waals surface area contributed by atoms with Crippen LogP contribution in [0.1, 0.15) is 5.56 Å². The Labute approximate surface area is 117 Å². The van der Waals surface area contributed by atoms with Gasteiger partial charge < -0.3 is 5.73 Å². The van der Waals surface area contributed by atoms with E-state index in [0.29, 0.717) is 5.56 Å². The van der Waals surface area contributed by atoms with Crippen LogP contribution in [-0.4, -0.2) is 26.1 Å². The fraction of sp³-hybridized carbons (Fsp3) is 0.222. The van der Waals surface area contributed by atoms with Crippen molar-refractivity contribution in [2.75, 3.05) is 6.54 Å². The smallest absolute Gasteiger partial charge is 0.389 e. The van der Waals surface area contributed by atoms with E-state index in [4.69, 9.17) is 17.3 Å². The summed E-state index contributed by atoms with van der Waals surface area (Å²) >= 11 is 10.4. The summed E-state index contributed by atoms with van der Waals surface area (Å²) in [6, 6.07) is 3.47. The fourth-order valence-corrected chi connectivity index (χ4v) is 2.81. The van der Waals surface area contributed by atoms with Crippen molar-refractivity contribution in [3.63, 3.8) is 0 Å². The fourth-order valence-electron chi connectivity index (χ4n) is 1.13. The molecule has 0 spiro atoms. The second kappa shape index (κ2) is 5.61. The van der Waals surface area contributed by atoms with E-state index >= 15 is 0 Å². The Balaban J connectivity index is 3.06. The predicted octanol–water partition coefficient (Wildman–Crippen LogP) is 1.81. The first-order valence-electron chi connectivity index (χ1n) is 4.69. The lowest BCUT2D eigenvalue weighted by atomic mass is 10.2. The molecule has 0 radical (unpaired) electrons. The van der Waals surface area contributed by atoms with Crippen LogP contribution in [0.25, 0.3) is 0 Å². The first kappa shape index (κ1) is 16.2. The highest BCUT2D eigenvalue weighted by Gasteiger charge is 2.30. The van der Waals surface area contributed by atoms with Crippen LogP contribution in [0.4, 0.5) is 13.2 Å². The van der Waals surface area contributed by atoms with Crippen LogP contribution in [0.2, 0.25) is 5.02 Å². The molecule has 1 aromatic rings. The van der Waals surface area contributed by atoms with E-state index in [0.717, 1.165) is 6.07 Å². The van der Waals surface area contributed by atoms with Crippen molar-refractivity contribution in [3.8, 4) is 0 Å². The van der Waals surface area contributed by atoms with Crippen molar-refractivity contribution in [2.24, 2.45) is 5.73 Å². The molecule has 0 saturated heterocycles. The summed E-state index contributed by atoms with van der Waals surface area (Å²) in [5, 5.41) is -0.264. The number of hydrogen-bond donors (Lipinski definition) is 2. The molecule has 0 fully saturated rings. The van der Waals surface area contributed by atoms with Crippen molar-refractivity contribution in [1.82, 2.24) is 4.72 Å². The number of benzene rings is 1. The maximum absolute atomic E-state index is 12.0. The Bertz CT molecular complexity index is 602. The molecule has 4 nitrogen and oxygen atoms in total. The van der Waals surface area contributed by atoms with Gasteiger partial charge in [-0.25, -0.2) is 13.1 Å². The molecule has 1 rings (SSSR count). The minimum Gasteiger partial charge on any atom is -0.389 e. The first-order valence-corrected chi connectivity index (χ1v) is 6.95. The zero-order chi connectivity index (χ0) is 14.8. The Morgan fingerprint density at radius 2 is 2.00 bits per heavy atom. The van der Waals surface area contributed by atoms with Crippen LogP contribution in [0.3, 0.4) is 0 Å². The third-order valence-electron chi connectivity index (χ3n) is 1.97. The summed E-state index contributed by atoms with van der Waals surface area (Å²) in [7, 11) is -4.35. The van der Waals surface area contributed by atoms with E-state index in [2.05, 4.69) is 12.2 Å². The number of thiocarbonyl (C=S) groups is 1. The third kappa shape index (κ3) is 4.60. The number of hydrogen-bond acceptors (Lipinski definition) is 3. The first-order chi connectivity index (χ1) is 8.53. The molecule has 0 amide bonds. The molecule has 0 aromatic heterocycles. The van der Waals surface area contributed by atoms with E-state index in [-0.39, 0.29) is 10.0 Å². The van der Waals surface area contributed by atoms with Gasteiger partial charge in [0.2, 0.25) is 10.0 Å². The van der Waals surface area contributed by atoms with Crippen molar-refractivity contribution < 1.29 is 21.6 Å². The monoisotopic (exact) mass is 332 g/mol. The van der Waals surface area contributed by atoms with Crippen LogP contribution < -0.4 is 10.5 Å². The molecule has 0 unspecified atom stereocenters. The summed E-state index contributed by atoms with van der Waals surface area (Å²) in [4.78, 5) is -0.479. The quantitative estimate of drug-likeness (QED) is 0.825. The summed E-state index contributed by atoms with van der Waals surface area (Å²) in [5.74, 6) is 0. The SMILES string of the molecule is NC(=S)c1ccc(S(=O)(=O)NCC(F)(F)F)c(Cl)c1. The molecule has 0 bridgehead atoms. The lowest BCUT2D eigenvalue weighted by molar-refractivity contribution is -0.121. The highest BCUT2D eigenvalue weighted by Crippen LogP contribution is 2.23. The maximum atomic E-state index is 12.0. The maximum Gasteiger partial charge on any atom is 0.402 e. The molecule has 19 heavy (non-hydrogen) atoms. The largest absolute Gasteiger partial charge is 0.402 e. The van der Waals surface area contributed by atoms with Crippen LogP contribution in [0.5, 0.6) is 0 Å². The molecule has 106 valence electrons. The van der Waals surface area contributed by atoms with Gasteiger partial charge in [-0.15, -0.1) is 0 Å². The van der Waals surface area contributed by atoms with Crippen molar-refractivity contribution in [1.29, 1.82) is 0 Å². The van der Waals surface area contributed by atoms with Crippen LogP contribution in [0.15, 0.2) is 23.1 Å². The molecule has 0 aliphatic rings. The highest BCUT2D eigenvalue weighted by atomic mass is 35.5. The second-order valence-corrected chi connectivity index (χ2v) is 6.03. The highest BCUT2D eigenvalue weighted by molar-refractivity contribution is 7.89. The lowest BCUT2D eigenvalue weighted by Gasteiger charge is -2.11. The van der Waals surface area contributed by atoms with Gasteiger partial charge in [0.15, 0.2) is 0 Å². The molecule has 1 aromatic carbocycles. The number of nitrogens with two attached hydrogens (primary N) is 1. The number of halogens is 4. The zero-order valence-corrected chi connectivity index (χ0v) is 11.6. The van der Waals surface area contributed by atoms with Gasteiger partial charge in [0.1, 0.15) is 16.4 Å². The lowest BCUT2D eigenvalue weighted by Crippen LogP contribution is -2.33. The van der Waals surface area contributed by atoms with E-state index in [1.807, 2.05) is 0 Å². The van der Waals surface area contributed by atoms with Crippen molar-refractivity contribution in [3.05, 3.63) is 28.8 Å². The van der Waals surface area contributed by atoms with Gasteiger partial charge in [0.25, 0.3) is 0 Å². The molecule has 3 N–H and O–H groups in total. The summed E-state index contributed by atoms with van der Waals surface area (Å²) in [6.07, 6.45) is -4.65. The number of alkyl halides is 3. The number of nitrogens with one attached hydrogen (secondary N) is 1. The average molecular weight is 333 g/mol. The van der Waals surface area contributed by atoms with E-state index in [1.54, 1.807) is 0 Å². The molecular formula is C9H8ClF3N2O2S2.